The predicted octanol–water partition coefficient (Wildman–Crippen LogP) is -1.08. The maximum absolute atomic E-state index is 10.3. The average Bonchev–Trinajstić information content (AvgIpc) is 1.78. The highest BCUT2D eigenvalue weighted by Crippen LogP contribution is 1.99. The van der Waals surface area contributed by atoms with Crippen LogP contribution in [0.15, 0.2) is 0 Å². The predicted molar refractivity (Wildman–Crippen MR) is 30.4 cm³/mol. The van der Waals surface area contributed by atoms with Crippen molar-refractivity contribution in [2.45, 2.75) is 6.42 Å². The lowest BCUT2D eigenvalue weighted by atomic mass is 10.3. The third-order valence-electron chi connectivity index (χ3n) is 1.23. The summed E-state index contributed by atoms with van der Waals surface area (Å²) in [6, 6.07) is 0. The second kappa shape index (κ2) is 2.59. The molecule has 0 aromatic carbocycles. The molecule has 9 heavy (non-hydrogen) atoms. The monoisotopic (exact) mass is 128 g/mol. The van der Waals surface area contributed by atoms with Gasteiger partial charge < -0.3 is 0 Å². The van der Waals surface area contributed by atoms with Crippen LogP contribution in [0.3, 0.4) is 0 Å². The van der Waals surface area contributed by atoms with E-state index in [1.165, 1.54) is 0 Å². The second-order valence-corrected chi connectivity index (χ2v) is 1.93. The minimum absolute atomic E-state index is 0.276. The Hall–Kier alpha value is -0.900. The normalized spacial score (nSPS) is 18.2. The Morgan fingerprint density at radius 3 is 2.56 bits per heavy atom. The first-order valence-corrected chi connectivity index (χ1v) is 2.83. The van der Waals surface area contributed by atoms with E-state index < -0.39 is 5.91 Å². The van der Waals surface area contributed by atoms with Crippen LogP contribution < -0.4 is 5.43 Å². The molecule has 1 saturated heterocycles. The van der Waals surface area contributed by atoms with E-state index in [2.05, 4.69) is 5.43 Å². The van der Waals surface area contributed by atoms with E-state index >= 15 is 0 Å². The fourth-order valence-corrected chi connectivity index (χ4v) is 0.610. The average molecular weight is 128 g/mol. The van der Waals surface area contributed by atoms with E-state index in [4.69, 9.17) is 0 Å². The van der Waals surface area contributed by atoms with Gasteiger partial charge in [0.15, 0.2) is 0 Å². The van der Waals surface area contributed by atoms with E-state index in [-0.39, 0.29) is 6.29 Å². The zero-order valence-corrected chi connectivity index (χ0v) is 4.96. The van der Waals surface area contributed by atoms with Crippen molar-refractivity contribution in [2.75, 3.05) is 13.1 Å². The highest BCUT2D eigenvalue weighted by atomic mass is 16.2. The quantitative estimate of drug-likeness (QED) is 0.380. The van der Waals surface area contributed by atoms with Gasteiger partial charge in [0.05, 0.1) is 0 Å². The zero-order chi connectivity index (χ0) is 6.69. The van der Waals surface area contributed by atoms with Crippen LogP contribution in [0.4, 0.5) is 0 Å². The van der Waals surface area contributed by atoms with Crippen LogP contribution in [-0.4, -0.2) is 30.3 Å². The summed E-state index contributed by atoms with van der Waals surface area (Å²) in [7, 11) is 0. The van der Waals surface area contributed by atoms with E-state index in [1.54, 1.807) is 5.01 Å². The molecule has 0 unspecified atom stereocenters. The molecule has 0 atom stereocenters. The summed E-state index contributed by atoms with van der Waals surface area (Å²) in [5.74, 6) is -0.560. The Balaban J connectivity index is 2.16. The molecule has 1 amide bonds. The van der Waals surface area contributed by atoms with Gasteiger partial charge in [-0.05, 0) is 6.42 Å². The number of nitrogens with zero attached hydrogens (tertiary/aromatic N) is 1. The van der Waals surface area contributed by atoms with Gasteiger partial charge in [0, 0.05) is 13.1 Å². The molecule has 1 rings (SSSR count). The summed E-state index contributed by atoms with van der Waals surface area (Å²) in [4.78, 5) is 20.0. The van der Waals surface area contributed by atoms with Gasteiger partial charge in [0.2, 0.25) is 6.29 Å². The number of nitrogens with one attached hydrogen (secondary N) is 1. The molecule has 1 fully saturated rings. The molecule has 0 saturated carbocycles. The molecule has 0 aliphatic carbocycles. The fraction of sp³-hybridized carbons (Fsp3) is 0.600. The molecule has 4 heteroatoms. The Bertz CT molecular complexity index is 131. The molecule has 0 aromatic heterocycles. The number of hydrogen-bond donors (Lipinski definition) is 1. The van der Waals surface area contributed by atoms with E-state index in [0.717, 1.165) is 19.5 Å². The third-order valence-corrected chi connectivity index (χ3v) is 1.23. The first kappa shape index (κ1) is 6.22. The van der Waals surface area contributed by atoms with Crippen molar-refractivity contribution < 1.29 is 9.59 Å². The van der Waals surface area contributed by atoms with Crippen molar-refractivity contribution in [2.24, 2.45) is 0 Å². The molecule has 4 nitrogen and oxygen atoms in total. The topological polar surface area (TPSA) is 49.4 Å². The Labute approximate surface area is 52.8 Å². The van der Waals surface area contributed by atoms with Crippen LogP contribution in [0.25, 0.3) is 0 Å². The summed E-state index contributed by atoms with van der Waals surface area (Å²) >= 11 is 0. The maximum atomic E-state index is 10.3. The minimum atomic E-state index is -0.560. The van der Waals surface area contributed by atoms with Gasteiger partial charge in [0.1, 0.15) is 0 Å². The van der Waals surface area contributed by atoms with Gasteiger partial charge >= 0.3 is 0 Å². The largest absolute Gasteiger partial charge is 0.298 e. The van der Waals surface area contributed by atoms with Gasteiger partial charge in [-0.2, -0.15) is 0 Å². The SMILES string of the molecule is O=CC(=O)NN1CCC1. The lowest BCUT2D eigenvalue weighted by Crippen LogP contribution is -2.50. The van der Waals surface area contributed by atoms with Gasteiger partial charge in [-0.3, -0.25) is 15.0 Å². The summed E-state index contributed by atoms with van der Waals surface area (Å²) < 4.78 is 0. The number of hydrogen-bond acceptors (Lipinski definition) is 3. The van der Waals surface area contributed by atoms with Crippen LogP contribution >= 0.6 is 0 Å². The number of amides is 1. The number of hydrazine groups is 1. The van der Waals surface area contributed by atoms with Crippen LogP contribution in [0.2, 0.25) is 0 Å². The van der Waals surface area contributed by atoms with Crippen LogP contribution in [0.1, 0.15) is 6.42 Å². The lowest BCUT2D eigenvalue weighted by molar-refractivity contribution is -0.136. The lowest BCUT2D eigenvalue weighted by Gasteiger charge is -2.29. The Kier molecular flexibility index (Phi) is 1.79. The Morgan fingerprint density at radius 1 is 1.56 bits per heavy atom. The van der Waals surface area contributed by atoms with Crippen molar-refractivity contribution in [1.82, 2.24) is 10.4 Å². The molecule has 1 N–H and O–H groups in total. The molecule has 0 aromatic rings. The number of rotatable bonds is 2. The van der Waals surface area contributed by atoms with Crippen molar-refractivity contribution in [3.05, 3.63) is 0 Å². The van der Waals surface area contributed by atoms with Crippen molar-refractivity contribution in [3.63, 3.8) is 0 Å². The summed E-state index contributed by atoms with van der Waals surface area (Å²) in [6.07, 6.45) is 1.37. The van der Waals surface area contributed by atoms with Gasteiger partial charge in [0.25, 0.3) is 5.91 Å². The van der Waals surface area contributed by atoms with Crippen LogP contribution in [0.5, 0.6) is 0 Å². The zero-order valence-electron chi connectivity index (χ0n) is 4.96. The highest BCUT2D eigenvalue weighted by molar-refractivity contribution is 6.23. The number of aldehydes is 1. The Morgan fingerprint density at radius 2 is 2.22 bits per heavy atom. The van der Waals surface area contributed by atoms with Crippen molar-refractivity contribution in [3.8, 4) is 0 Å². The van der Waals surface area contributed by atoms with Gasteiger partial charge in [-0.1, -0.05) is 0 Å². The van der Waals surface area contributed by atoms with Gasteiger partial charge in [-0.15, -0.1) is 0 Å². The summed E-state index contributed by atoms with van der Waals surface area (Å²) in [6.45, 7) is 1.72. The second-order valence-electron chi connectivity index (χ2n) is 1.93. The highest BCUT2D eigenvalue weighted by Gasteiger charge is 2.14. The maximum Gasteiger partial charge on any atom is 0.298 e. The standard InChI is InChI=1S/C5H8N2O2/c8-4-5(9)6-7-2-1-3-7/h4H,1-3H2,(H,6,9). The molecule has 0 spiro atoms. The summed E-state index contributed by atoms with van der Waals surface area (Å²) in [5, 5.41) is 1.71. The third kappa shape index (κ3) is 1.50. The molecule has 1 aliphatic rings. The first-order valence-electron chi connectivity index (χ1n) is 2.83. The van der Waals surface area contributed by atoms with E-state index in [1.807, 2.05) is 0 Å². The molecule has 1 heterocycles. The van der Waals surface area contributed by atoms with Gasteiger partial charge in [-0.25, -0.2) is 5.01 Å². The molecular formula is C5H8N2O2. The molecule has 50 valence electrons. The smallest absolute Gasteiger partial charge is 0.292 e. The fourth-order valence-electron chi connectivity index (χ4n) is 0.610. The van der Waals surface area contributed by atoms with Crippen molar-refractivity contribution in [1.29, 1.82) is 0 Å². The minimum Gasteiger partial charge on any atom is -0.292 e. The van der Waals surface area contributed by atoms with Crippen molar-refractivity contribution >= 4 is 12.2 Å². The molecule has 0 radical (unpaired) electrons. The van der Waals surface area contributed by atoms with Crippen LogP contribution in [-0.2, 0) is 9.59 Å². The molecule has 1 aliphatic heterocycles. The number of carbonyl (C=O) groups is 2. The number of carbonyl (C=O) groups excluding carboxylic acids is 2. The van der Waals surface area contributed by atoms with E-state index in [0.29, 0.717) is 0 Å². The first-order chi connectivity index (χ1) is 4.33. The van der Waals surface area contributed by atoms with E-state index in [9.17, 15) is 9.59 Å². The molecular weight excluding hydrogens is 120 g/mol. The molecule has 0 bridgehead atoms. The van der Waals surface area contributed by atoms with Crippen LogP contribution in [0, 0.1) is 0 Å². The summed E-state index contributed by atoms with van der Waals surface area (Å²) in [5.41, 5.74) is 2.39.